The summed E-state index contributed by atoms with van der Waals surface area (Å²) in [6.45, 7) is 1.20. The van der Waals surface area contributed by atoms with Crippen molar-refractivity contribution in [2.24, 2.45) is 0 Å². The van der Waals surface area contributed by atoms with E-state index in [-0.39, 0.29) is 35.8 Å². The van der Waals surface area contributed by atoms with Crippen LogP contribution in [0.15, 0.2) is 23.0 Å². The first-order chi connectivity index (χ1) is 14.5. The number of fused-ring (bicyclic) bond motifs is 1. The van der Waals surface area contributed by atoms with Gasteiger partial charge in [0.2, 0.25) is 0 Å². The number of aliphatic hydroxyl groups excluding tert-OH is 1. The van der Waals surface area contributed by atoms with Gasteiger partial charge in [-0.15, -0.1) is 0 Å². The lowest BCUT2D eigenvalue weighted by atomic mass is 9.93. The average molecular weight is 418 g/mol. The van der Waals surface area contributed by atoms with Gasteiger partial charge in [0.25, 0.3) is 5.91 Å². The molecule has 4 N–H and O–H groups in total. The molecule has 0 bridgehead atoms. The van der Waals surface area contributed by atoms with E-state index in [2.05, 4.69) is 15.8 Å². The SMILES string of the molecule is COCC1CC(CN(C)C(=O)c2ccc3c(c2)[nH]c(=O)n3C2CCC(O)CC2)NN1. The summed E-state index contributed by atoms with van der Waals surface area (Å²) >= 11 is 0. The number of likely N-dealkylation sites (N-methyl/N-ethyl adjacent to an activating group) is 1. The van der Waals surface area contributed by atoms with Gasteiger partial charge in [0.1, 0.15) is 0 Å². The van der Waals surface area contributed by atoms with Crippen LogP contribution in [0.4, 0.5) is 0 Å². The van der Waals surface area contributed by atoms with Crippen molar-refractivity contribution in [3.05, 3.63) is 34.2 Å². The van der Waals surface area contributed by atoms with Crippen LogP contribution in [-0.4, -0.2) is 71.0 Å². The van der Waals surface area contributed by atoms with Crippen LogP contribution in [0.2, 0.25) is 0 Å². The van der Waals surface area contributed by atoms with Crippen LogP contribution in [0.5, 0.6) is 0 Å². The Balaban J connectivity index is 1.47. The van der Waals surface area contributed by atoms with Crippen molar-refractivity contribution in [3.8, 4) is 0 Å². The molecule has 2 atom stereocenters. The van der Waals surface area contributed by atoms with Gasteiger partial charge in [-0.25, -0.2) is 4.79 Å². The first-order valence-corrected chi connectivity index (χ1v) is 10.6. The van der Waals surface area contributed by atoms with Crippen molar-refractivity contribution in [1.29, 1.82) is 0 Å². The molecule has 1 aliphatic carbocycles. The summed E-state index contributed by atoms with van der Waals surface area (Å²) in [5.41, 5.74) is 8.28. The lowest BCUT2D eigenvalue weighted by Crippen LogP contribution is -2.41. The van der Waals surface area contributed by atoms with Crippen LogP contribution in [-0.2, 0) is 4.74 Å². The van der Waals surface area contributed by atoms with E-state index in [9.17, 15) is 14.7 Å². The summed E-state index contributed by atoms with van der Waals surface area (Å²) < 4.78 is 6.95. The van der Waals surface area contributed by atoms with Crippen LogP contribution in [0.25, 0.3) is 11.0 Å². The molecule has 1 amide bonds. The average Bonchev–Trinajstić information content (AvgIpc) is 3.30. The molecule has 4 rings (SSSR count). The fourth-order valence-electron chi connectivity index (χ4n) is 4.70. The zero-order valence-corrected chi connectivity index (χ0v) is 17.6. The maximum Gasteiger partial charge on any atom is 0.326 e. The Bertz CT molecular complexity index is 947. The van der Waals surface area contributed by atoms with Gasteiger partial charge in [-0.3, -0.25) is 20.2 Å². The number of aliphatic hydroxyl groups is 1. The van der Waals surface area contributed by atoms with Gasteiger partial charge in [0.05, 0.1) is 23.7 Å². The summed E-state index contributed by atoms with van der Waals surface area (Å²) in [5, 5.41) is 9.75. The molecular formula is C21H31N5O4. The van der Waals surface area contributed by atoms with Crippen molar-refractivity contribution in [2.75, 3.05) is 27.3 Å². The summed E-state index contributed by atoms with van der Waals surface area (Å²) in [4.78, 5) is 30.1. The van der Waals surface area contributed by atoms with Gasteiger partial charge in [0.15, 0.2) is 0 Å². The molecule has 1 aromatic carbocycles. The molecule has 164 valence electrons. The zero-order chi connectivity index (χ0) is 21.3. The van der Waals surface area contributed by atoms with E-state index in [0.717, 1.165) is 24.8 Å². The monoisotopic (exact) mass is 417 g/mol. The van der Waals surface area contributed by atoms with Gasteiger partial charge in [-0.2, -0.15) is 0 Å². The molecule has 2 fully saturated rings. The number of ether oxygens (including phenoxy) is 1. The Hall–Kier alpha value is -2.20. The number of imidazole rings is 1. The molecule has 0 spiro atoms. The maximum absolute atomic E-state index is 12.9. The van der Waals surface area contributed by atoms with Crippen LogP contribution in [0.1, 0.15) is 48.5 Å². The molecule has 9 nitrogen and oxygen atoms in total. The molecule has 1 saturated carbocycles. The van der Waals surface area contributed by atoms with E-state index < -0.39 is 0 Å². The minimum absolute atomic E-state index is 0.0803. The summed E-state index contributed by atoms with van der Waals surface area (Å²) in [7, 11) is 3.47. The van der Waals surface area contributed by atoms with Crippen LogP contribution in [0.3, 0.4) is 0 Å². The Morgan fingerprint density at radius 1 is 1.23 bits per heavy atom. The Labute approximate surface area is 175 Å². The number of hydrogen-bond acceptors (Lipinski definition) is 6. The summed E-state index contributed by atoms with van der Waals surface area (Å²) in [6.07, 6.45) is 3.60. The number of benzene rings is 1. The second-order valence-corrected chi connectivity index (χ2v) is 8.55. The highest BCUT2D eigenvalue weighted by Gasteiger charge is 2.27. The number of hydrogen-bond donors (Lipinski definition) is 4. The second-order valence-electron chi connectivity index (χ2n) is 8.55. The fourth-order valence-corrected chi connectivity index (χ4v) is 4.70. The third-order valence-corrected chi connectivity index (χ3v) is 6.26. The quantitative estimate of drug-likeness (QED) is 0.552. The number of aromatic nitrogens is 2. The molecule has 9 heteroatoms. The number of methoxy groups -OCH3 is 1. The summed E-state index contributed by atoms with van der Waals surface area (Å²) in [5.74, 6) is -0.0803. The minimum Gasteiger partial charge on any atom is -0.393 e. The largest absolute Gasteiger partial charge is 0.393 e. The van der Waals surface area contributed by atoms with Crippen molar-refractivity contribution in [3.63, 3.8) is 0 Å². The highest BCUT2D eigenvalue weighted by molar-refractivity contribution is 5.97. The standard InChI is InChI=1S/C21H31N5O4/c1-25(11-14-10-15(12-30-2)24-23-14)20(28)13-3-8-19-18(9-13)22-21(29)26(19)16-4-6-17(27)7-5-16/h3,8-9,14-17,23-24,27H,4-7,10-12H2,1-2H3,(H,22,29). The number of H-pyrrole nitrogens is 1. The lowest BCUT2D eigenvalue weighted by Gasteiger charge is -2.26. The van der Waals surface area contributed by atoms with Gasteiger partial charge in [0, 0.05) is 44.4 Å². The highest BCUT2D eigenvalue weighted by atomic mass is 16.5. The van der Waals surface area contributed by atoms with E-state index in [1.807, 2.05) is 6.07 Å². The Morgan fingerprint density at radius 3 is 2.70 bits per heavy atom. The van der Waals surface area contributed by atoms with Crippen LogP contribution < -0.4 is 16.5 Å². The summed E-state index contributed by atoms with van der Waals surface area (Å²) in [6, 6.07) is 5.88. The second kappa shape index (κ2) is 8.89. The molecule has 1 saturated heterocycles. The number of carbonyl (C=O) groups is 1. The number of nitrogens with one attached hydrogen (secondary N) is 3. The number of nitrogens with zero attached hydrogens (tertiary/aromatic N) is 2. The third-order valence-electron chi connectivity index (χ3n) is 6.26. The number of carbonyl (C=O) groups excluding carboxylic acids is 1. The molecule has 1 aliphatic heterocycles. The minimum atomic E-state index is -0.267. The van der Waals surface area contributed by atoms with Gasteiger partial charge >= 0.3 is 5.69 Å². The van der Waals surface area contributed by atoms with Crippen molar-refractivity contribution < 1.29 is 14.6 Å². The van der Waals surface area contributed by atoms with Gasteiger partial charge in [-0.05, 0) is 50.3 Å². The van der Waals surface area contributed by atoms with Crippen molar-refractivity contribution in [1.82, 2.24) is 25.3 Å². The Kier molecular flexibility index (Phi) is 6.24. The normalized spacial score (nSPS) is 26.9. The smallest absolute Gasteiger partial charge is 0.326 e. The highest BCUT2D eigenvalue weighted by Crippen LogP contribution is 2.30. The fraction of sp³-hybridized carbons (Fsp3) is 0.619. The van der Waals surface area contributed by atoms with Crippen molar-refractivity contribution >= 4 is 16.9 Å². The van der Waals surface area contributed by atoms with Crippen LogP contribution in [0, 0.1) is 0 Å². The van der Waals surface area contributed by atoms with E-state index in [4.69, 9.17) is 4.74 Å². The molecule has 2 aliphatic rings. The first-order valence-electron chi connectivity index (χ1n) is 10.6. The number of amides is 1. The van der Waals surface area contributed by atoms with Gasteiger partial charge < -0.3 is 19.7 Å². The zero-order valence-electron chi connectivity index (χ0n) is 17.6. The topological polar surface area (TPSA) is 112 Å². The van der Waals surface area contributed by atoms with E-state index in [1.54, 1.807) is 35.8 Å². The molecule has 0 radical (unpaired) electrons. The van der Waals surface area contributed by atoms with Gasteiger partial charge in [-0.1, -0.05) is 0 Å². The molecule has 1 aromatic heterocycles. The molecule has 2 heterocycles. The molecular weight excluding hydrogens is 386 g/mol. The molecule has 2 unspecified atom stereocenters. The first kappa shape index (κ1) is 21.0. The van der Waals surface area contributed by atoms with E-state index in [1.165, 1.54) is 0 Å². The van der Waals surface area contributed by atoms with E-state index in [0.29, 0.717) is 37.1 Å². The number of aromatic amines is 1. The predicted molar refractivity (Wildman–Crippen MR) is 113 cm³/mol. The molecule has 2 aromatic rings. The maximum atomic E-state index is 12.9. The molecule has 30 heavy (non-hydrogen) atoms. The van der Waals surface area contributed by atoms with Crippen molar-refractivity contribution in [2.45, 2.75) is 56.3 Å². The Morgan fingerprint density at radius 2 is 1.97 bits per heavy atom. The van der Waals surface area contributed by atoms with Crippen LogP contribution >= 0.6 is 0 Å². The predicted octanol–water partition coefficient (Wildman–Crippen LogP) is 0.759. The third kappa shape index (κ3) is 4.29. The van der Waals surface area contributed by atoms with E-state index >= 15 is 0 Å². The number of hydrazine groups is 1. The lowest BCUT2D eigenvalue weighted by molar-refractivity contribution is 0.0782. The number of rotatable bonds is 6.